The Kier molecular flexibility index (Phi) is 13.0. The number of primary amides is 1. The number of carbonyl (C=O) groups is 5. The van der Waals surface area contributed by atoms with E-state index in [9.17, 15) is 29.1 Å². The van der Waals surface area contributed by atoms with Crippen LogP contribution >= 0.6 is 0 Å². The van der Waals surface area contributed by atoms with Crippen molar-refractivity contribution in [3.8, 4) is 0 Å². The number of nitrogens with one attached hydrogen (secondary N) is 3. The molecule has 0 spiro atoms. The molecular formula is C18H34N6O7. The molecule has 0 rings (SSSR count). The highest BCUT2D eigenvalue weighted by Gasteiger charge is 2.30. The Balaban J connectivity index is 5.06. The molecule has 0 fully saturated rings. The minimum atomic E-state index is -1.62. The third kappa shape index (κ3) is 11.3. The van der Waals surface area contributed by atoms with Gasteiger partial charge in [-0.25, -0.2) is 4.79 Å². The van der Waals surface area contributed by atoms with Crippen LogP contribution in [0, 0.1) is 0 Å². The second-order valence-corrected chi connectivity index (χ2v) is 7.25. The number of unbranched alkanes of at least 4 members (excludes halogenated alkanes) is 1. The molecule has 0 bridgehead atoms. The van der Waals surface area contributed by atoms with E-state index in [-0.39, 0.29) is 12.8 Å². The summed E-state index contributed by atoms with van der Waals surface area (Å²) in [5.74, 6) is -4.46. The summed E-state index contributed by atoms with van der Waals surface area (Å²) in [6, 6.07) is -4.84. The quantitative estimate of drug-likeness (QED) is 0.117. The Morgan fingerprint density at radius 1 is 0.903 bits per heavy atom. The molecule has 5 atom stereocenters. The lowest BCUT2D eigenvalue weighted by Crippen LogP contribution is -2.57. The van der Waals surface area contributed by atoms with E-state index in [2.05, 4.69) is 16.0 Å². The number of carbonyl (C=O) groups excluding carboxylic acids is 4. The van der Waals surface area contributed by atoms with Gasteiger partial charge in [-0.05, 0) is 39.7 Å². The molecule has 0 radical (unpaired) electrons. The summed E-state index contributed by atoms with van der Waals surface area (Å²) < 4.78 is 0. The van der Waals surface area contributed by atoms with Gasteiger partial charge in [0.15, 0.2) is 6.04 Å². The van der Waals surface area contributed by atoms with Crippen LogP contribution in [0.1, 0.15) is 46.0 Å². The molecule has 0 aromatic heterocycles. The van der Waals surface area contributed by atoms with Crippen LogP contribution < -0.4 is 33.2 Å². The molecule has 11 N–H and O–H groups in total. The van der Waals surface area contributed by atoms with E-state index in [0.717, 1.165) is 0 Å². The molecule has 5 unspecified atom stereocenters. The molecule has 0 aromatic carbocycles. The molecule has 31 heavy (non-hydrogen) atoms. The third-order valence-electron chi connectivity index (χ3n) is 4.42. The van der Waals surface area contributed by atoms with Gasteiger partial charge in [-0.1, -0.05) is 6.42 Å². The number of carboxylic acids is 1. The smallest absolute Gasteiger partial charge is 0.328 e. The minimum Gasteiger partial charge on any atom is -0.480 e. The number of nitrogens with two attached hydrogens (primary N) is 3. The molecule has 0 heterocycles. The van der Waals surface area contributed by atoms with E-state index < -0.39 is 59.9 Å². The number of amides is 4. The van der Waals surface area contributed by atoms with Crippen LogP contribution in [-0.2, 0) is 24.0 Å². The van der Waals surface area contributed by atoms with Crippen molar-refractivity contribution in [1.29, 1.82) is 0 Å². The van der Waals surface area contributed by atoms with E-state index in [4.69, 9.17) is 22.3 Å². The van der Waals surface area contributed by atoms with Crippen molar-refractivity contribution in [2.24, 2.45) is 17.2 Å². The van der Waals surface area contributed by atoms with Gasteiger partial charge < -0.3 is 43.4 Å². The van der Waals surface area contributed by atoms with Gasteiger partial charge >= 0.3 is 5.97 Å². The van der Waals surface area contributed by atoms with Gasteiger partial charge in [0.05, 0.1) is 12.1 Å². The second-order valence-electron chi connectivity index (χ2n) is 7.25. The maximum atomic E-state index is 12.4. The summed E-state index contributed by atoms with van der Waals surface area (Å²) in [6.45, 7) is 3.02. The number of hydrogen-bond donors (Lipinski definition) is 8. The summed E-state index contributed by atoms with van der Waals surface area (Å²) in [5, 5.41) is 25.5. The summed E-state index contributed by atoms with van der Waals surface area (Å²) in [6.07, 6.45) is -0.146. The minimum absolute atomic E-state index is 0.210. The Hall–Kier alpha value is -2.77. The fourth-order valence-electron chi connectivity index (χ4n) is 2.52. The van der Waals surface area contributed by atoms with Crippen LogP contribution in [0.5, 0.6) is 0 Å². The van der Waals surface area contributed by atoms with Gasteiger partial charge in [0.2, 0.25) is 23.6 Å². The van der Waals surface area contributed by atoms with Gasteiger partial charge in [-0.15, -0.1) is 0 Å². The van der Waals surface area contributed by atoms with Gasteiger partial charge in [0, 0.05) is 6.42 Å². The molecule has 0 saturated carbocycles. The first-order valence-electron chi connectivity index (χ1n) is 9.96. The van der Waals surface area contributed by atoms with Crippen LogP contribution in [0.3, 0.4) is 0 Å². The standard InChI is InChI=1S/C18H34N6O7/c1-9(22-16(28)11(20)5-3-4-8-19)15(27)23-12(6-7-13(21)26)17(29)24-14(10(2)25)18(30)31/h9-12,14,25H,3-8,19-20H2,1-2H3,(H2,21,26)(H,22,28)(H,23,27)(H,24,29)(H,30,31). The van der Waals surface area contributed by atoms with E-state index in [1.54, 1.807) is 0 Å². The lowest BCUT2D eigenvalue weighted by atomic mass is 10.1. The largest absolute Gasteiger partial charge is 0.480 e. The lowest BCUT2D eigenvalue weighted by Gasteiger charge is -2.24. The van der Waals surface area contributed by atoms with Crippen LogP contribution in [-0.4, -0.2) is 76.6 Å². The molecule has 0 aliphatic rings. The predicted molar refractivity (Wildman–Crippen MR) is 110 cm³/mol. The highest BCUT2D eigenvalue weighted by Crippen LogP contribution is 2.03. The number of aliphatic hydroxyl groups excluding tert-OH is 1. The van der Waals surface area contributed by atoms with Crippen molar-refractivity contribution < 1.29 is 34.2 Å². The van der Waals surface area contributed by atoms with Crippen molar-refractivity contribution in [3.05, 3.63) is 0 Å². The maximum Gasteiger partial charge on any atom is 0.328 e. The molecule has 178 valence electrons. The van der Waals surface area contributed by atoms with Gasteiger partial charge in [-0.3, -0.25) is 19.2 Å². The molecule has 13 heteroatoms. The monoisotopic (exact) mass is 446 g/mol. The summed E-state index contributed by atoms with van der Waals surface area (Å²) in [5.41, 5.74) is 16.2. The predicted octanol–water partition coefficient (Wildman–Crippen LogP) is -3.35. The number of carboxylic acid groups (broad SMARTS) is 1. The second kappa shape index (κ2) is 14.3. The first-order valence-corrected chi connectivity index (χ1v) is 9.96. The van der Waals surface area contributed by atoms with Crippen molar-refractivity contribution in [2.75, 3.05) is 6.54 Å². The molecular weight excluding hydrogens is 412 g/mol. The summed E-state index contributed by atoms with van der Waals surface area (Å²) in [7, 11) is 0. The fraction of sp³-hybridized carbons (Fsp3) is 0.722. The fourth-order valence-corrected chi connectivity index (χ4v) is 2.52. The SMILES string of the molecule is CC(NC(=O)C(N)CCCCN)C(=O)NC(CCC(N)=O)C(=O)NC(C(=O)O)C(C)O. The van der Waals surface area contributed by atoms with Crippen molar-refractivity contribution in [3.63, 3.8) is 0 Å². The van der Waals surface area contributed by atoms with Gasteiger partial charge in [-0.2, -0.15) is 0 Å². The van der Waals surface area contributed by atoms with Crippen molar-refractivity contribution in [1.82, 2.24) is 16.0 Å². The first kappa shape index (κ1) is 28.2. The molecule has 4 amide bonds. The number of rotatable bonds is 15. The Bertz CT molecular complexity index is 643. The van der Waals surface area contributed by atoms with E-state index in [1.807, 2.05) is 0 Å². The maximum absolute atomic E-state index is 12.4. The van der Waals surface area contributed by atoms with Crippen molar-refractivity contribution in [2.45, 2.75) is 76.2 Å². The molecule has 0 saturated heterocycles. The molecule has 0 aromatic rings. The first-order chi connectivity index (χ1) is 14.4. The number of aliphatic hydroxyl groups is 1. The topological polar surface area (TPSA) is 240 Å². The Labute approximate surface area is 180 Å². The van der Waals surface area contributed by atoms with Crippen LogP contribution in [0.2, 0.25) is 0 Å². The third-order valence-corrected chi connectivity index (χ3v) is 4.42. The zero-order valence-electron chi connectivity index (χ0n) is 17.8. The highest BCUT2D eigenvalue weighted by molar-refractivity contribution is 5.94. The van der Waals surface area contributed by atoms with Crippen LogP contribution in [0.15, 0.2) is 0 Å². The Morgan fingerprint density at radius 2 is 1.52 bits per heavy atom. The van der Waals surface area contributed by atoms with Crippen molar-refractivity contribution >= 4 is 29.6 Å². The molecule has 0 aliphatic carbocycles. The lowest BCUT2D eigenvalue weighted by molar-refractivity contribution is -0.145. The molecule has 13 nitrogen and oxygen atoms in total. The zero-order valence-corrected chi connectivity index (χ0v) is 17.8. The van der Waals surface area contributed by atoms with E-state index in [0.29, 0.717) is 25.8 Å². The number of hydrogen-bond acceptors (Lipinski definition) is 8. The summed E-state index contributed by atoms with van der Waals surface area (Å²) in [4.78, 5) is 59.2. The zero-order chi connectivity index (χ0) is 24.1. The number of aliphatic carboxylic acids is 1. The van der Waals surface area contributed by atoms with Crippen LogP contribution in [0.25, 0.3) is 0 Å². The Morgan fingerprint density at radius 3 is 2.00 bits per heavy atom. The van der Waals surface area contributed by atoms with Crippen LogP contribution in [0.4, 0.5) is 0 Å². The van der Waals surface area contributed by atoms with Gasteiger partial charge in [0.25, 0.3) is 0 Å². The summed E-state index contributed by atoms with van der Waals surface area (Å²) >= 11 is 0. The average Bonchev–Trinajstić information content (AvgIpc) is 2.67. The average molecular weight is 447 g/mol. The van der Waals surface area contributed by atoms with E-state index in [1.165, 1.54) is 13.8 Å². The highest BCUT2D eigenvalue weighted by atomic mass is 16.4. The van der Waals surface area contributed by atoms with Gasteiger partial charge in [0.1, 0.15) is 12.1 Å². The normalized spacial score (nSPS) is 15.6. The molecule has 0 aliphatic heterocycles. The van der Waals surface area contributed by atoms with E-state index >= 15 is 0 Å².